The molecule has 1 heterocycles. The molecular weight excluding hydrogens is 372 g/mol. The Morgan fingerprint density at radius 2 is 1.71 bits per heavy atom. The number of hydrogen-bond acceptors (Lipinski definition) is 2. The number of nitrogens with zero attached hydrogens (tertiary/aromatic N) is 1. The predicted molar refractivity (Wildman–Crippen MR) is 115 cm³/mol. The van der Waals surface area contributed by atoms with E-state index in [9.17, 15) is 9.59 Å². The molecule has 1 amide bonds. The number of benzene rings is 3. The average Bonchev–Trinajstić information content (AvgIpc) is 2.69. The van der Waals surface area contributed by atoms with Crippen LogP contribution in [-0.2, 0) is 11.3 Å². The van der Waals surface area contributed by atoms with Gasteiger partial charge in [0.2, 0.25) is 5.91 Å². The van der Waals surface area contributed by atoms with E-state index >= 15 is 0 Å². The molecule has 0 saturated heterocycles. The highest BCUT2D eigenvalue weighted by molar-refractivity contribution is 6.31. The summed E-state index contributed by atoms with van der Waals surface area (Å²) in [4.78, 5) is 25.8. The molecule has 0 spiro atoms. The van der Waals surface area contributed by atoms with Crippen molar-refractivity contribution < 1.29 is 4.79 Å². The van der Waals surface area contributed by atoms with Crippen LogP contribution in [0.25, 0.3) is 21.8 Å². The van der Waals surface area contributed by atoms with E-state index < -0.39 is 0 Å². The summed E-state index contributed by atoms with van der Waals surface area (Å²) in [6.45, 7) is 3.91. The lowest BCUT2D eigenvalue weighted by molar-refractivity contribution is -0.116. The van der Waals surface area contributed by atoms with Gasteiger partial charge in [-0.3, -0.25) is 9.59 Å². The summed E-state index contributed by atoms with van der Waals surface area (Å²) in [5, 5.41) is 4.76. The maximum atomic E-state index is 12.9. The zero-order chi connectivity index (χ0) is 19.8. The third-order valence-corrected chi connectivity index (χ3v) is 5.38. The van der Waals surface area contributed by atoms with E-state index in [0.717, 1.165) is 22.2 Å². The number of fused-ring (bicyclic) bond motifs is 2. The monoisotopic (exact) mass is 390 g/mol. The summed E-state index contributed by atoms with van der Waals surface area (Å²) in [5.74, 6) is -0.180. The van der Waals surface area contributed by atoms with Gasteiger partial charge in [-0.1, -0.05) is 41.4 Å². The van der Waals surface area contributed by atoms with Crippen LogP contribution in [0.4, 0.5) is 5.69 Å². The second kappa shape index (κ2) is 7.13. The number of rotatable bonds is 3. The molecule has 4 nitrogen and oxygen atoms in total. The molecule has 0 aliphatic rings. The van der Waals surface area contributed by atoms with Gasteiger partial charge in [0, 0.05) is 21.5 Å². The Hall–Kier alpha value is -3.11. The number of pyridine rings is 1. The van der Waals surface area contributed by atoms with Crippen LogP contribution in [0.1, 0.15) is 11.1 Å². The fourth-order valence-electron chi connectivity index (χ4n) is 3.49. The molecule has 4 aromatic rings. The van der Waals surface area contributed by atoms with Gasteiger partial charge in [0.25, 0.3) is 0 Å². The molecule has 0 radical (unpaired) electrons. The van der Waals surface area contributed by atoms with Crippen LogP contribution in [0.3, 0.4) is 0 Å². The van der Waals surface area contributed by atoms with Crippen molar-refractivity contribution in [3.8, 4) is 0 Å². The number of aryl methyl sites for hydroxylation is 1. The summed E-state index contributed by atoms with van der Waals surface area (Å²) >= 11 is 6.15. The number of para-hydroxylation sites is 1. The van der Waals surface area contributed by atoms with E-state index in [1.165, 1.54) is 0 Å². The van der Waals surface area contributed by atoms with Crippen LogP contribution in [-0.4, -0.2) is 10.5 Å². The van der Waals surface area contributed by atoms with E-state index in [2.05, 4.69) is 5.32 Å². The number of amides is 1. The Balaban J connectivity index is 1.83. The largest absolute Gasteiger partial charge is 0.331 e. The summed E-state index contributed by atoms with van der Waals surface area (Å²) < 4.78 is 1.89. The second-order valence-corrected chi connectivity index (χ2v) is 7.32. The Bertz CT molecular complexity index is 1290. The van der Waals surface area contributed by atoms with Gasteiger partial charge < -0.3 is 9.88 Å². The number of anilines is 1. The Labute approximate surface area is 167 Å². The smallest absolute Gasteiger partial charge is 0.244 e. The van der Waals surface area contributed by atoms with Gasteiger partial charge in [-0.2, -0.15) is 0 Å². The van der Waals surface area contributed by atoms with Crippen LogP contribution in [0.2, 0.25) is 5.02 Å². The molecule has 5 heteroatoms. The summed E-state index contributed by atoms with van der Waals surface area (Å²) in [6, 6.07) is 18.5. The highest BCUT2D eigenvalue weighted by atomic mass is 35.5. The molecule has 0 atom stereocenters. The number of carbonyl (C=O) groups is 1. The average molecular weight is 391 g/mol. The quantitative estimate of drug-likeness (QED) is 0.497. The van der Waals surface area contributed by atoms with Crippen molar-refractivity contribution in [1.82, 2.24) is 4.57 Å². The molecule has 0 aliphatic carbocycles. The van der Waals surface area contributed by atoms with Crippen molar-refractivity contribution in [2.45, 2.75) is 20.4 Å². The molecule has 28 heavy (non-hydrogen) atoms. The zero-order valence-electron chi connectivity index (χ0n) is 15.6. The number of nitrogens with one attached hydrogen (secondary N) is 1. The fraction of sp³-hybridized carbons (Fsp3) is 0.130. The Morgan fingerprint density at radius 1 is 0.964 bits per heavy atom. The molecule has 0 fully saturated rings. The van der Waals surface area contributed by atoms with Crippen molar-refractivity contribution in [3.05, 3.63) is 87.0 Å². The first-order chi connectivity index (χ1) is 13.5. The standard InChI is InChI=1S/C23H19ClN2O2/c1-14-10-11-21-17(12-14)23(28)16-6-3-4-9-20(16)26(21)13-22(27)25-19-8-5-7-18(24)15(19)2/h3-12H,13H2,1-2H3,(H,25,27). The highest BCUT2D eigenvalue weighted by Crippen LogP contribution is 2.24. The van der Waals surface area contributed by atoms with Gasteiger partial charge in [0.15, 0.2) is 5.43 Å². The van der Waals surface area contributed by atoms with Crippen LogP contribution in [0, 0.1) is 13.8 Å². The molecule has 1 N–H and O–H groups in total. The van der Waals surface area contributed by atoms with E-state index in [4.69, 9.17) is 11.6 Å². The maximum absolute atomic E-state index is 12.9. The van der Waals surface area contributed by atoms with Crippen molar-refractivity contribution in [2.24, 2.45) is 0 Å². The lowest BCUT2D eigenvalue weighted by Gasteiger charge is -2.16. The van der Waals surface area contributed by atoms with Crippen molar-refractivity contribution in [3.63, 3.8) is 0 Å². The highest BCUT2D eigenvalue weighted by Gasteiger charge is 2.14. The lowest BCUT2D eigenvalue weighted by atomic mass is 10.1. The number of carbonyl (C=O) groups excluding carboxylic acids is 1. The number of aromatic nitrogens is 1. The summed E-state index contributed by atoms with van der Waals surface area (Å²) in [5.41, 5.74) is 3.97. The van der Waals surface area contributed by atoms with E-state index in [1.54, 1.807) is 18.2 Å². The molecule has 4 rings (SSSR count). The summed E-state index contributed by atoms with van der Waals surface area (Å²) in [6.07, 6.45) is 0. The molecule has 0 saturated carbocycles. The number of hydrogen-bond donors (Lipinski definition) is 1. The first kappa shape index (κ1) is 18.3. The molecule has 140 valence electrons. The molecule has 0 bridgehead atoms. The van der Waals surface area contributed by atoms with Gasteiger partial charge in [-0.15, -0.1) is 0 Å². The van der Waals surface area contributed by atoms with Gasteiger partial charge in [0.1, 0.15) is 6.54 Å². The zero-order valence-corrected chi connectivity index (χ0v) is 16.4. The molecular formula is C23H19ClN2O2. The third-order valence-electron chi connectivity index (χ3n) is 4.97. The van der Waals surface area contributed by atoms with Crippen LogP contribution >= 0.6 is 11.6 Å². The molecule has 3 aromatic carbocycles. The van der Waals surface area contributed by atoms with Crippen LogP contribution in [0.15, 0.2) is 65.5 Å². The second-order valence-electron chi connectivity index (χ2n) is 6.91. The van der Waals surface area contributed by atoms with Crippen molar-refractivity contribution >= 4 is 45.0 Å². The first-order valence-electron chi connectivity index (χ1n) is 9.02. The molecule has 0 aliphatic heterocycles. The van der Waals surface area contributed by atoms with Crippen LogP contribution < -0.4 is 10.7 Å². The minimum atomic E-state index is -0.180. The maximum Gasteiger partial charge on any atom is 0.244 e. The number of halogens is 1. The first-order valence-corrected chi connectivity index (χ1v) is 9.40. The van der Waals surface area contributed by atoms with Gasteiger partial charge >= 0.3 is 0 Å². The normalized spacial score (nSPS) is 11.1. The minimum Gasteiger partial charge on any atom is -0.331 e. The van der Waals surface area contributed by atoms with Gasteiger partial charge in [-0.25, -0.2) is 0 Å². The lowest BCUT2D eigenvalue weighted by Crippen LogP contribution is -2.22. The van der Waals surface area contributed by atoms with E-state index in [0.29, 0.717) is 21.5 Å². The van der Waals surface area contributed by atoms with Crippen molar-refractivity contribution in [2.75, 3.05) is 5.32 Å². The third kappa shape index (κ3) is 3.16. The molecule has 0 unspecified atom stereocenters. The van der Waals surface area contributed by atoms with E-state index in [1.807, 2.05) is 60.9 Å². The van der Waals surface area contributed by atoms with Crippen LogP contribution in [0.5, 0.6) is 0 Å². The topological polar surface area (TPSA) is 51.1 Å². The fourth-order valence-corrected chi connectivity index (χ4v) is 3.66. The van der Waals surface area contributed by atoms with E-state index in [-0.39, 0.29) is 17.9 Å². The van der Waals surface area contributed by atoms with Crippen molar-refractivity contribution in [1.29, 1.82) is 0 Å². The summed E-state index contributed by atoms with van der Waals surface area (Å²) in [7, 11) is 0. The molecule has 1 aromatic heterocycles. The van der Waals surface area contributed by atoms with Gasteiger partial charge in [0.05, 0.1) is 11.0 Å². The SMILES string of the molecule is Cc1ccc2c(c1)c(=O)c1ccccc1n2CC(=O)Nc1cccc(Cl)c1C. The Kier molecular flexibility index (Phi) is 4.65. The Morgan fingerprint density at radius 3 is 2.54 bits per heavy atom. The van der Waals surface area contributed by atoms with Gasteiger partial charge in [-0.05, 0) is 55.8 Å². The predicted octanol–water partition coefficient (Wildman–Crippen LogP) is 5.06. The minimum absolute atomic E-state index is 0.0170.